The highest BCUT2D eigenvalue weighted by molar-refractivity contribution is 4.98. The van der Waals surface area contributed by atoms with Crippen molar-refractivity contribution in [3.8, 4) is 0 Å². The van der Waals surface area contributed by atoms with E-state index in [1.165, 1.54) is 0 Å². The second kappa shape index (κ2) is 5.96. The minimum Gasteiger partial charge on any atom is -0.383 e. The molecule has 0 aromatic carbocycles. The summed E-state index contributed by atoms with van der Waals surface area (Å²) in [6.07, 6.45) is 3.00. The molecule has 0 saturated carbocycles. The van der Waals surface area contributed by atoms with E-state index in [2.05, 4.69) is 19.2 Å². The first-order valence-electron chi connectivity index (χ1n) is 6.18. The summed E-state index contributed by atoms with van der Waals surface area (Å²) in [6, 6.07) is 0. The van der Waals surface area contributed by atoms with Crippen LogP contribution in [0.3, 0.4) is 0 Å². The van der Waals surface area contributed by atoms with E-state index < -0.39 is 0 Å². The molecule has 2 atom stereocenters. The van der Waals surface area contributed by atoms with Crippen molar-refractivity contribution in [3.05, 3.63) is 0 Å². The summed E-state index contributed by atoms with van der Waals surface area (Å²) in [4.78, 5) is 0. The van der Waals surface area contributed by atoms with E-state index in [1.807, 2.05) is 0 Å². The van der Waals surface area contributed by atoms with E-state index in [4.69, 9.17) is 15.2 Å². The van der Waals surface area contributed by atoms with Gasteiger partial charge in [-0.1, -0.05) is 6.92 Å². The maximum Gasteiger partial charge on any atom is 0.0670 e. The Morgan fingerprint density at radius 1 is 1.50 bits per heavy atom. The molecular formula is C12H26N2O2. The van der Waals surface area contributed by atoms with E-state index in [0.29, 0.717) is 6.54 Å². The Morgan fingerprint density at radius 2 is 2.25 bits per heavy atom. The van der Waals surface area contributed by atoms with Crippen molar-refractivity contribution in [2.75, 3.05) is 33.4 Å². The van der Waals surface area contributed by atoms with Crippen LogP contribution in [0.25, 0.3) is 0 Å². The summed E-state index contributed by atoms with van der Waals surface area (Å²) in [5.74, 6) is 0. The molecule has 0 aliphatic carbocycles. The van der Waals surface area contributed by atoms with Gasteiger partial charge >= 0.3 is 0 Å². The number of hydrogen-bond acceptors (Lipinski definition) is 4. The predicted molar refractivity (Wildman–Crippen MR) is 65.5 cm³/mol. The van der Waals surface area contributed by atoms with Gasteiger partial charge in [0.1, 0.15) is 0 Å². The third-order valence-corrected chi connectivity index (χ3v) is 3.69. The fourth-order valence-corrected chi connectivity index (χ4v) is 2.39. The minimum atomic E-state index is -0.0301. The first kappa shape index (κ1) is 13.9. The molecule has 0 aromatic heterocycles. The van der Waals surface area contributed by atoms with Gasteiger partial charge in [-0.05, 0) is 26.2 Å². The van der Waals surface area contributed by atoms with Gasteiger partial charge in [0.25, 0.3) is 0 Å². The maximum absolute atomic E-state index is 5.94. The fourth-order valence-electron chi connectivity index (χ4n) is 2.39. The zero-order valence-corrected chi connectivity index (χ0v) is 10.8. The summed E-state index contributed by atoms with van der Waals surface area (Å²) in [5.41, 5.74) is 5.94. The average Bonchev–Trinajstić information content (AvgIpc) is 2.30. The molecular weight excluding hydrogens is 204 g/mol. The van der Waals surface area contributed by atoms with E-state index >= 15 is 0 Å². The summed E-state index contributed by atoms with van der Waals surface area (Å²) < 4.78 is 10.9. The second-order valence-electron chi connectivity index (χ2n) is 4.98. The Bertz CT molecular complexity index is 213. The third kappa shape index (κ3) is 3.42. The number of ether oxygens (including phenoxy) is 2. The topological polar surface area (TPSA) is 56.5 Å². The molecule has 1 fully saturated rings. The molecule has 1 saturated heterocycles. The largest absolute Gasteiger partial charge is 0.383 e. The van der Waals surface area contributed by atoms with Crippen LogP contribution < -0.4 is 11.1 Å². The minimum absolute atomic E-state index is 0.0293. The van der Waals surface area contributed by atoms with Crippen LogP contribution in [0.4, 0.5) is 0 Å². The van der Waals surface area contributed by atoms with Crippen molar-refractivity contribution in [1.82, 2.24) is 5.32 Å². The Balaban J connectivity index is 2.56. The lowest BCUT2D eigenvalue weighted by atomic mass is 9.79. The highest BCUT2D eigenvalue weighted by Gasteiger charge is 2.41. The van der Waals surface area contributed by atoms with Crippen molar-refractivity contribution in [1.29, 1.82) is 0 Å². The molecule has 3 N–H and O–H groups in total. The highest BCUT2D eigenvalue weighted by atomic mass is 16.5. The van der Waals surface area contributed by atoms with Crippen LogP contribution in [0.15, 0.2) is 0 Å². The molecule has 96 valence electrons. The molecule has 1 rings (SSSR count). The molecule has 0 spiro atoms. The quantitative estimate of drug-likeness (QED) is 0.666. The van der Waals surface area contributed by atoms with Crippen molar-refractivity contribution in [3.63, 3.8) is 0 Å². The van der Waals surface area contributed by atoms with E-state index in [9.17, 15) is 0 Å². The summed E-state index contributed by atoms with van der Waals surface area (Å²) in [7, 11) is 1.72. The van der Waals surface area contributed by atoms with Crippen molar-refractivity contribution >= 4 is 0 Å². The van der Waals surface area contributed by atoms with Crippen LogP contribution in [0.5, 0.6) is 0 Å². The molecule has 0 amide bonds. The fraction of sp³-hybridized carbons (Fsp3) is 1.00. The van der Waals surface area contributed by atoms with Gasteiger partial charge in [0, 0.05) is 32.3 Å². The van der Waals surface area contributed by atoms with Crippen LogP contribution in [-0.2, 0) is 9.47 Å². The first-order chi connectivity index (χ1) is 7.60. The van der Waals surface area contributed by atoms with Gasteiger partial charge in [-0.15, -0.1) is 0 Å². The van der Waals surface area contributed by atoms with E-state index in [0.717, 1.165) is 39.0 Å². The average molecular weight is 230 g/mol. The van der Waals surface area contributed by atoms with Gasteiger partial charge in [0.05, 0.1) is 12.2 Å². The molecule has 0 aromatic rings. The van der Waals surface area contributed by atoms with Gasteiger partial charge in [0.2, 0.25) is 0 Å². The first-order valence-corrected chi connectivity index (χ1v) is 6.18. The standard InChI is InChI=1S/C12H26N2O2/c1-4-11(2)9-12(10-13,5-7-16-11)14-6-8-15-3/h14H,4-10,13H2,1-3H3. The number of rotatable bonds is 6. The molecule has 0 radical (unpaired) electrons. The smallest absolute Gasteiger partial charge is 0.0670 e. The highest BCUT2D eigenvalue weighted by Crippen LogP contribution is 2.33. The lowest BCUT2D eigenvalue weighted by molar-refractivity contribution is -0.0999. The van der Waals surface area contributed by atoms with Crippen LogP contribution in [0.1, 0.15) is 33.1 Å². The van der Waals surface area contributed by atoms with Gasteiger partial charge in [-0.25, -0.2) is 0 Å². The maximum atomic E-state index is 5.94. The second-order valence-corrected chi connectivity index (χ2v) is 4.98. The van der Waals surface area contributed by atoms with Gasteiger partial charge in [-0.3, -0.25) is 0 Å². The lowest BCUT2D eigenvalue weighted by Crippen LogP contribution is -2.60. The Kier molecular flexibility index (Phi) is 5.18. The van der Waals surface area contributed by atoms with Crippen molar-refractivity contribution in [2.45, 2.75) is 44.2 Å². The summed E-state index contributed by atoms with van der Waals surface area (Å²) >= 11 is 0. The predicted octanol–water partition coefficient (Wildman–Crippen LogP) is 0.899. The molecule has 1 aliphatic rings. The lowest BCUT2D eigenvalue weighted by Gasteiger charge is -2.46. The monoisotopic (exact) mass is 230 g/mol. The number of methoxy groups -OCH3 is 1. The molecule has 2 unspecified atom stereocenters. The van der Waals surface area contributed by atoms with Crippen molar-refractivity contribution < 1.29 is 9.47 Å². The number of hydrogen-bond donors (Lipinski definition) is 2. The third-order valence-electron chi connectivity index (χ3n) is 3.69. The van der Waals surface area contributed by atoms with Gasteiger partial charge in [0.15, 0.2) is 0 Å². The van der Waals surface area contributed by atoms with Gasteiger partial charge < -0.3 is 20.5 Å². The molecule has 4 heteroatoms. The summed E-state index contributed by atoms with van der Waals surface area (Å²) in [6.45, 7) is 7.38. The van der Waals surface area contributed by atoms with Crippen LogP contribution in [-0.4, -0.2) is 44.6 Å². The van der Waals surface area contributed by atoms with Crippen LogP contribution >= 0.6 is 0 Å². The molecule has 0 bridgehead atoms. The van der Waals surface area contributed by atoms with Crippen LogP contribution in [0.2, 0.25) is 0 Å². The van der Waals surface area contributed by atoms with E-state index in [-0.39, 0.29) is 11.1 Å². The normalized spacial score (nSPS) is 35.2. The zero-order valence-electron chi connectivity index (χ0n) is 10.8. The number of nitrogens with one attached hydrogen (secondary N) is 1. The zero-order chi connectivity index (χ0) is 12.1. The van der Waals surface area contributed by atoms with Crippen molar-refractivity contribution in [2.24, 2.45) is 5.73 Å². The Hall–Kier alpha value is -0.160. The van der Waals surface area contributed by atoms with Crippen LogP contribution in [0, 0.1) is 0 Å². The van der Waals surface area contributed by atoms with E-state index in [1.54, 1.807) is 7.11 Å². The number of nitrogens with two attached hydrogens (primary N) is 1. The van der Waals surface area contributed by atoms with Gasteiger partial charge in [-0.2, -0.15) is 0 Å². The Labute approximate surface area is 98.9 Å². The SMILES string of the molecule is CCC1(C)CC(CN)(NCCOC)CCO1. The molecule has 16 heavy (non-hydrogen) atoms. The summed E-state index contributed by atoms with van der Waals surface area (Å²) in [5, 5.41) is 3.55. The molecule has 1 aliphatic heterocycles. The molecule has 4 nitrogen and oxygen atoms in total. The molecule has 1 heterocycles. The Morgan fingerprint density at radius 3 is 2.81 bits per heavy atom.